The Morgan fingerprint density at radius 1 is 0.648 bits per heavy atom. The van der Waals surface area contributed by atoms with Gasteiger partial charge in [0.25, 0.3) is 0 Å². The Bertz CT molecular complexity index is 1850. The normalized spacial score (nSPS) is 37.2. The van der Waals surface area contributed by atoms with E-state index in [1.54, 1.807) is 0 Å². The number of hydrogen-bond acceptors (Lipinski definition) is 20. The van der Waals surface area contributed by atoms with Crippen molar-refractivity contribution >= 4 is 11.0 Å². The van der Waals surface area contributed by atoms with Crippen molar-refractivity contribution in [2.45, 2.75) is 106 Å². The lowest BCUT2D eigenvalue weighted by Crippen LogP contribution is -2.61. The molecular weight excluding hydrogens is 728 g/mol. The average Bonchev–Trinajstić information content (AvgIpc) is 3.14. The van der Waals surface area contributed by atoms with E-state index in [1.807, 2.05) is 0 Å². The van der Waals surface area contributed by atoms with Gasteiger partial charge in [-0.3, -0.25) is 4.79 Å². The maximum Gasteiger partial charge on any atom is 0.239 e. The number of hydrogen-bond donors (Lipinski definition) is 11. The van der Waals surface area contributed by atoms with Gasteiger partial charge in [0.05, 0.1) is 25.9 Å². The summed E-state index contributed by atoms with van der Waals surface area (Å²) in [6.45, 7) is 2.22. The molecule has 54 heavy (non-hydrogen) atoms. The molecule has 298 valence electrons. The zero-order valence-corrected chi connectivity index (χ0v) is 28.8. The van der Waals surface area contributed by atoms with Crippen LogP contribution in [0.25, 0.3) is 22.3 Å². The molecule has 3 aliphatic heterocycles. The van der Waals surface area contributed by atoms with Crippen LogP contribution in [0.2, 0.25) is 0 Å². The Morgan fingerprint density at radius 3 is 1.85 bits per heavy atom. The largest absolute Gasteiger partial charge is 0.507 e. The second-order valence-corrected chi connectivity index (χ2v) is 13.2. The highest BCUT2D eigenvalue weighted by atomic mass is 16.7. The van der Waals surface area contributed by atoms with Crippen LogP contribution in [-0.4, -0.2) is 162 Å². The smallest absolute Gasteiger partial charge is 0.239 e. The SMILES string of the molecule is COc1cc(-c2oc3cc(O[C@@H]4OC(C)[C@H](O)[C@H](O)C4O)cc(O)c3c(=O)c2O[C@@H]2OC(CO[C@@H]3OC(C)[C@H](O)[C@H](O)C3O)[C@H](O)C(O)C2O)ccc1O. The summed E-state index contributed by atoms with van der Waals surface area (Å²) in [5.74, 6) is -2.37. The highest BCUT2D eigenvalue weighted by Gasteiger charge is 2.48. The summed E-state index contributed by atoms with van der Waals surface area (Å²) in [5, 5.41) is 114. The molecule has 3 fully saturated rings. The van der Waals surface area contributed by atoms with Gasteiger partial charge >= 0.3 is 0 Å². The molecular formula is C34H42O20. The molecule has 15 atom stereocenters. The van der Waals surface area contributed by atoms with Crippen molar-refractivity contribution in [3.63, 3.8) is 0 Å². The van der Waals surface area contributed by atoms with Crippen LogP contribution in [0.15, 0.2) is 39.5 Å². The second-order valence-electron chi connectivity index (χ2n) is 13.2. The van der Waals surface area contributed by atoms with E-state index in [4.69, 9.17) is 37.6 Å². The van der Waals surface area contributed by atoms with Gasteiger partial charge in [0.1, 0.15) is 83.5 Å². The number of phenolic OH excluding ortho intramolecular Hbond substituents is 2. The van der Waals surface area contributed by atoms with Crippen LogP contribution in [0.5, 0.6) is 28.7 Å². The van der Waals surface area contributed by atoms with Crippen molar-refractivity contribution in [1.29, 1.82) is 0 Å². The Morgan fingerprint density at radius 2 is 1.22 bits per heavy atom. The number of benzene rings is 2. The molecule has 20 heteroatoms. The van der Waals surface area contributed by atoms with E-state index in [9.17, 15) is 61.0 Å². The molecule has 0 saturated carbocycles. The number of phenols is 2. The fourth-order valence-corrected chi connectivity index (χ4v) is 6.30. The van der Waals surface area contributed by atoms with Crippen LogP contribution < -0.4 is 19.6 Å². The van der Waals surface area contributed by atoms with Gasteiger partial charge in [0.15, 0.2) is 23.5 Å². The summed E-state index contributed by atoms with van der Waals surface area (Å²) in [4.78, 5) is 14.2. The summed E-state index contributed by atoms with van der Waals surface area (Å²) in [6.07, 6.45) is -23.7. The van der Waals surface area contributed by atoms with Crippen LogP contribution >= 0.6 is 0 Å². The number of aromatic hydroxyl groups is 2. The fraction of sp³-hybridized carbons (Fsp3) is 0.559. The van der Waals surface area contributed by atoms with E-state index in [2.05, 4.69) is 0 Å². The topological polar surface area (TPSA) is 317 Å². The quantitative estimate of drug-likeness (QED) is 0.104. The third-order valence-corrected chi connectivity index (χ3v) is 9.54. The first-order valence-electron chi connectivity index (χ1n) is 16.8. The minimum atomic E-state index is -2.01. The lowest BCUT2D eigenvalue weighted by atomic mass is 9.98. The lowest BCUT2D eigenvalue weighted by molar-refractivity contribution is -0.318. The van der Waals surface area contributed by atoms with Gasteiger partial charge in [0.2, 0.25) is 23.8 Å². The van der Waals surface area contributed by atoms with E-state index >= 15 is 0 Å². The maximum atomic E-state index is 14.2. The van der Waals surface area contributed by atoms with Gasteiger partial charge in [-0.15, -0.1) is 0 Å². The van der Waals surface area contributed by atoms with E-state index in [0.29, 0.717) is 0 Å². The molecule has 7 unspecified atom stereocenters. The zero-order chi connectivity index (χ0) is 39.3. The molecule has 11 N–H and O–H groups in total. The first-order valence-corrected chi connectivity index (χ1v) is 16.8. The maximum absolute atomic E-state index is 14.2. The summed E-state index contributed by atoms with van der Waals surface area (Å²) in [6, 6.07) is 5.91. The first-order chi connectivity index (χ1) is 25.5. The number of aliphatic hydroxyl groups is 9. The van der Waals surface area contributed by atoms with Crippen LogP contribution in [0.3, 0.4) is 0 Å². The Hall–Kier alpha value is -3.87. The van der Waals surface area contributed by atoms with Gasteiger partial charge in [-0.25, -0.2) is 0 Å². The van der Waals surface area contributed by atoms with Crippen molar-refractivity contribution in [1.82, 2.24) is 0 Å². The molecule has 0 amide bonds. The molecule has 0 aliphatic carbocycles. The van der Waals surface area contributed by atoms with Gasteiger partial charge in [0, 0.05) is 17.7 Å². The molecule has 3 saturated heterocycles. The third kappa shape index (κ3) is 7.41. The minimum Gasteiger partial charge on any atom is -0.507 e. The molecule has 3 aromatic rings. The van der Waals surface area contributed by atoms with Crippen LogP contribution in [0.1, 0.15) is 13.8 Å². The van der Waals surface area contributed by atoms with Gasteiger partial charge in [-0.05, 0) is 32.0 Å². The van der Waals surface area contributed by atoms with Crippen molar-refractivity contribution in [2.24, 2.45) is 0 Å². The van der Waals surface area contributed by atoms with Crippen molar-refractivity contribution < 1.29 is 93.7 Å². The van der Waals surface area contributed by atoms with E-state index in [0.717, 1.165) is 12.1 Å². The van der Waals surface area contributed by atoms with Crippen LogP contribution in [0, 0.1) is 0 Å². The predicted octanol–water partition coefficient (Wildman–Crippen LogP) is -2.88. The van der Waals surface area contributed by atoms with Crippen LogP contribution in [-0.2, 0) is 18.9 Å². The monoisotopic (exact) mass is 770 g/mol. The highest BCUT2D eigenvalue weighted by Crippen LogP contribution is 2.40. The van der Waals surface area contributed by atoms with Crippen molar-refractivity contribution in [2.75, 3.05) is 13.7 Å². The van der Waals surface area contributed by atoms with E-state index < -0.39 is 121 Å². The molecule has 6 rings (SSSR count). The summed E-state index contributed by atoms with van der Waals surface area (Å²) in [7, 11) is 1.26. The fourth-order valence-electron chi connectivity index (χ4n) is 6.30. The Labute approximate surface area is 305 Å². The number of rotatable bonds is 9. The molecule has 0 bridgehead atoms. The van der Waals surface area contributed by atoms with Gasteiger partial charge in [-0.1, -0.05) is 0 Å². The lowest BCUT2D eigenvalue weighted by Gasteiger charge is -2.42. The second kappa shape index (κ2) is 15.7. The number of methoxy groups -OCH3 is 1. The highest BCUT2D eigenvalue weighted by molar-refractivity contribution is 5.88. The van der Waals surface area contributed by atoms with Crippen molar-refractivity contribution in [3.05, 3.63) is 40.6 Å². The summed E-state index contributed by atoms with van der Waals surface area (Å²) < 4.78 is 44.8. The standard InChI is InChI=1S/C34H42O20/c1-10-20(37)24(41)27(44)32(49-10)48-9-18-22(39)26(43)29(46)34(53-18)54-31-23(40)19-15(36)7-13(51-33-28(45)25(42)21(38)11(2)50-33)8-17(19)52-30(31)12-4-5-14(35)16(6-12)47-3/h4-8,10-11,18,20-22,24-29,32-39,41-46H,9H2,1-3H3/t10?,11?,18?,20-,21-,22-,24-,25-,26?,27?,28?,29?,32+,33-,34-/m0/s1. The van der Waals surface area contributed by atoms with E-state index in [-0.39, 0.29) is 34.2 Å². The number of ether oxygens (including phenoxy) is 7. The molecule has 0 radical (unpaired) electrons. The predicted molar refractivity (Wildman–Crippen MR) is 176 cm³/mol. The van der Waals surface area contributed by atoms with Gasteiger partial charge in [-0.2, -0.15) is 0 Å². The minimum absolute atomic E-state index is 0.0468. The Balaban J connectivity index is 1.35. The van der Waals surface area contributed by atoms with E-state index in [1.165, 1.54) is 39.2 Å². The summed E-state index contributed by atoms with van der Waals surface area (Å²) in [5.41, 5.74) is -1.32. The summed E-state index contributed by atoms with van der Waals surface area (Å²) >= 11 is 0. The molecule has 2 aromatic carbocycles. The van der Waals surface area contributed by atoms with Crippen LogP contribution in [0.4, 0.5) is 0 Å². The van der Waals surface area contributed by atoms with Gasteiger partial charge < -0.3 is 93.7 Å². The number of fused-ring (bicyclic) bond motifs is 1. The first kappa shape index (κ1) is 39.8. The third-order valence-electron chi connectivity index (χ3n) is 9.54. The molecule has 4 heterocycles. The molecule has 0 spiro atoms. The molecule has 3 aliphatic rings. The van der Waals surface area contributed by atoms with Crippen molar-refractivity contribution in [3.8, 4) is 40.1 Å². The zero-order valence-electron chi connectivity index (χ0n) is 28.8. The number of aliphatic hydroxyl groups excluding tert-OH is 9. The average molecular weight is 771 g/mol. The molecule has 1 aromatic heterocycles. The molecule has 20 nitrogen and oxygen atoms in total. The Kier molecular flexibility index (Phi) is 11.6.